The molecule has 0 spiro atoms. The summed E-state index contributed by atoms with van der Waals surface area (Å²) in [4.78, 5) is 46.0. The first kappa shape index (κ1) is 21.0. The number of hydrogen-bond acceptors (Lipinski definition) is 7. The Morgan fingerprint density at radius 1 is 0.969 bits per heavy atom. The predicted octanol–water partition coefficient (Wildman–Crippen LogP) is 2.66. The van der Waals surface area contributed by atoms with E-state index >= 15 is 0 Å². The zero-order valence-corrected chi connectivity index (χ0v) is 17.2. The minimum Gasteiger partial charge on any atom is -0.463 e. The SMILES string of the molecule is CCOC(=O)C1=C(COC(=O)c2cnc3ccccc3n2)NC(=O)NC1c1ccccc1. The molecule has 32 heavy (non-hydrogen) atoms. The average molecular weight is 432 g/mol. The van der Waals surface area contributed by atoms with Crippen LogP contribution in [0.5, 0.6) is 0 Å². The molecule has 0 fully saturated rings. The number of aromatic nitrogens is 2. The van der Waals surface area contributed by atoms with E-state index in [-0.39, 0.29) is 30.2 Å². The van der Waals surface area contributed by atoms with Gasteiger partial charge < -0.3 is 20.1 Å². The summed E-state index contributed by atoms with van der Waals surface area (Å²) in [6.07, 6.45) is 1.32. The van der Waals surface area contributed by atoms with E-state index in [1.807, 2.05) is 12.1 Å². The lowest BCUT2D eigenvalue weighted by Gasteiger charge is -2.29. The molecule has 1 aliphatic rings. The van der Waals surface area contributed by atoms with Gasteiger partial charge in [-0.05, 0) is 24.6 Å². The topological polar surface area (TPSA) is 120 Å². The summed E-state index contributed by atoms with van der Waals surface area (Å²) in [5.74, 6) is -1.35. The van der Waals surface area contributed by atoms with Crippen molar-refractivity contribution in [2.24, 2.45) is 0 Å². The Morgan fingerprint density at radius 3 is 2.44 bits per heavy atom. The van der Waals surface area contributed by atoms with Crippen LogP contribution in [0, 0.1) is 0 Å². The monoisotopic (exact) mass is 432 g/mol. The molecule has 2 aromatic carbocycles. The number of nitrogens with zero attached hydrogens (tertiary/aromatic N) is 2. The van der Waals surface area contributed by atoms with Gasteiger partial charge >= 0.3 is 18.0 Å². The second kappa shape index (κ2) is 9.25. The minimum absolute atomic E-state index is 0.0156. The smallest absolute Gasteiger partial charge is 0.358 e. The van der Waals surface area contributed by atoms with E-state index in [4.69, 9.17) is 9.47 Å². The van der Waals surface area contributed by atoms with Crippen molar-refractivity contribution in [3.63, 3.8) is 0 Å². The van der Waals surface area contributed by atoms with Gasteiger partial charge in [0.25, 0.3) is 0 Å². The molecule has 0 aliphatic carbocycles. The van der Waals surface area contributed by atoms with E-state index in [2.05, 4.69) is 20.6 Å². The highest BCUT2D eigenvalue weighted by molar-refractivity contribution is 5.95. The van der Waals surface area contributed by atoms with Crippen molar-refractivity contribution in [2.45, 2.75) is 13.0 Å². The fourth-order valence-electron chi connectivity index (χ4n) is 3.34. The van der Waals surface area contributed by atoms with Crippen LogP contribution in [0.1, 0.15) is 29.0 Å². The molecule has 1 atom stereocenters. The Morgan fingerprint density at radius 2 is 1.69 bits per heavy atom. The zero-order chi connectivity index (χ0) is 22.5. The van der Waals surface area contributed by atoms with Crippen molar-refractivity contribution >= 4 is 29.0 Å². The van der Waals surface area contributed by atoms with E-state index < -0.39 is 24.0 Å². The van der Waals surface area contributed by atoms with Crippen molar-refractivity contribution in [3.05, 3.63) is 83.3 Å². The number of carbonyl (C=O) groups is 3. The third kappa shape index (κ3) is 4.41. The van der Waals surface area contributed by atoms with Gasteiger partial charge in [0.05, 0.1) is 41.1 Å². The molecule has 3 aromatic rings. The molecule has 0 bridgehead atoms. The highest BCUT2D eigenvalue weighted by atomic mass is 16.5. The van der Waals surface area contributed by atoms with Crippen molar-refractivity contribution in [3.8, 4) is 0 Å². The van der Waals surface area contributed by atoms with Crippen LogP contribution in [0.15, 0.2) is 72.1 Å². The molecule has 0 saturated heterocycles. The minimum atomic E-state index is -0.752. The summed E-state index contributed by atoms with van der Waals surface area (Å²) in [5, 5.41) is 5.28. The van der Waals surface area contributed by atoms with Crippen LogP contribution in [0.3, 0.4) is 0 Å². The van der Waals surface area contributed by atoms with Crippen molar-refractivity contribution in [2.75, 3.05) is 13.2 Å². The molecule has 0 radical (unpaired) electrons. The Hall–Kier alpha value is -4.27. The van der Waals surface area contributed by atoms with E-state index in [0.29, 0.717) is 16.6 Å². The molecule has 9 heteroatoms. The first-order valence-corrected chi connectivity index (χ1v) is 9.98. The lowest BCUT2D eigenvalue weighted by Crippen LogP contribution is -2.47. The summed E-state index contributed by atoms with van der Waals surface area (Å²) in [5.41, 5.74) is 2.20. The molecule has 2 heterocycles. The summed E-state index contributed by atoms with van der Waals surface area (Å²) >= 11 is 0. The number of esters is 2. The van der Waals surface area contributed by atoms with Crippen LogP contribution in [-0.4, -0.2) is 41.2 Å². The first-order chi connectivity index (χ1) is 15.6. The fraction of sp³-hybridized carbons (Fsp3) is 0.174. The number of urea groups is 1. The number of carbonyl (C=O) groups excluding carboxylic acids is 3. The molecule has 1 aliphatic heterocycles. The predicted molar refractivity (Wildman–Crippen MR) is 114 cm³/mol. The molecule has 9 nitrogen and oxygen atoms in total. The van der Waals surface area contributed by atoms with Crippen molar-refractivity contribution in [1.29, 1.82) is 0 Å². The van der Waals surface area contributed by atoms with E-state index in [1.54, 1.807) is 49.4 Å². The maximum atomic E-state index is 12.7. The van der Waals surface area contributed by atoms with Crippen molar-refractivity contribution in [1.82, 2.24) is 20.6 Å². The van der Waals surface area contributed by atoms with E-state index in [9.17, 15) is 14.4 Å². The van der Waals surface area contributed by atoms with Crippen molar-refractivity contribution < 1.29 is 23.9 Å². The van der Waals surface area contributed by atoms with Gasteiger partial charge in [0.15, 0.2) is 5.69 Å². The second-order valence-electron chi connectivity index (χ2n) is 6.87. The highest BCUT2D eigenvalue weighted by Gasteiger charge is 2.34. The largest absolute Gasteiger partial charge is 0.463 e. The highest BCUT2D eigenvalue weighted by Crippen LogP contribution is 2.28. The van der Waals surface area contributed by atoms with E-state index in [1.165, 1.54) is 6.20 Å². The standard InChI is InChI=1S/C23H20N4O5/c1-2-31-22(29)19-18(26-23(30)27-20(19)14-8-4-3-5-9-14)13-32-21(28)17-12-24-15-10-6-7-11-16(15)25-17/h3-12,20H,2,13H2,1H3,(H2,26,27,30). The molecule has 0 saturated carbocycles. The van der Waals surface area contributed by atoms with Crippen LogP contribution in [0.2, 0.25) is 0 Å². The van der Waals surface area contributed by atoms with Gasteiger partial charge in [-0.3, -0.25) is 4.98 Å². The zero-order valence-electron chi connectivity index (χ0n) is 17.2. The number of amides is 2. The third-order valence-electron chi connectivity index (χ3n) is 4.79. The number of nitrogens with one attached hydrogen (secondary N) is 2. The molecule has 2 amide bonds. The fourth-order valence-corrected chi connectivity index (χ4v) is 3.34. The van der Waals surface area contributed by atoms with Gasteiger partial charge in [-0.25, -0.2) is 19.4 Å². The van der Waals surface area contributed by atoms with Gasteiger partial charge in [0.1, 0.15) is 6.61 Å². The molecule has 162 valence electrons. The Kier molecular flexibility index (Phi) is 6.07. The Labute approximate surface area is 183 Å². The summed E-state index contributed by atoms with van der Waals surface area (Å²) in [6, 6.07) is 14.8. The average Bonchev–Trinajstić information content (AvgIpc) is 2.82. The lowest BCUT2D eigenvalue weighted by molar-refractivity contribution is -0.139. The summed E-state index contributed by atoms with van der Waals surface area (Å²) in [6.45, 7) is 1.48. The lowest BCUT2D eigenvalue weighted by atomic mass is 9.95. The first-order valence-electron chi connectivity index (χ1n) is 9.98. The van der Waals surface area contributed by atoms with Crippen LogP contribution in [-0.2, 0) is 14.3 Å². The maximum absolute atomic E-state index is 12.7. The van der Waals surface area contributed by atoms with Crippen LogP contribution >= 0.6 is 0 Å². The number of hydrogen-bond donors (Lipinski definition) is 2. The maximum Gasteiger partial charge on any atom is 0.358 e. The normalized spacial score (nSPS) is 15.7. The third-order valence-corrected chi connectivity index (χ3v) is 4.79. The summed E-state index contributed by atoms with van der Waals surface area (Å²) < 4.78 is 10.5. The van der Waals surface area contributed by atoms with E-state index in [0.717, 1.165) is 0 Å². The molecular weight excluding hydrogens is 412 g/mol. The Balaban J connectivity index is 1.62. The van der Waals surface area contributed by atoms with Gasteiger partial charge in [0.2, 0.25) is 0 Å². The Bertz CT molecular complexity index is 1210. The molecule has 1 unspecified atom stereocenters. The molecule has 1 aromatic heterocycles. The summed E-state index contributed by atoms with van der Waals surface area (Å²) in [7, 11) is 0. The number of ether oxygens (including phenoxy) is 2. The van der Waals surface area contributed by atoms with Crippen LogP contribution in [0.25, 0.3) is 11.0 Å². The van der Waals surface area contributed by atoms with Gasteiger partial charge in [-0.1, -0.05) is 42.5 Å². The molecule has 4 rings (SSSR count). The number of rotatable bonds is 6. The second-order valence-corrected chi connectivity index (χ2v) is 6.87. The van der Waals surface area contributed by atoms with Gasteiger partial charge in [0, 0.05) is 0 Å². The van der Waals surface area contributed by atoms with Gasteiger partial charge in [-0.15, -0.1) is 0 Å². The van der Waals surface area contributed by atoms with Crippen LogP contribution < -0.4 is 10.6 Å². The van der Waals surface area contributed by atoms with Gasteiger partial charge in [-0.2, -0.15) is 0 Å². The number of para-hydroxylation sites is 2. The molecular formula is C23H20N4O5. The number of benzene rings is 2. The number of fused-ring (bicyclic) bond motifs is 1. The molecule has 2 N–H and O–H groups in total. The van der Waals surface area contributed by atoms with Crippen LogP contribution in [0.4, 0.5) is 4.79 Å². The quantitative estimate of drug-likeness (QED) is 0.575.